The maximum absolute atomic E-state index is 11.1. The second-order valence-electron chi connectivity index (χ2n) is 6.65. The van der Waals surface area contributed by atoms with E-state index in [0.29, 0.717) is 17.9 Å². The van der Waals surface area contributed by atoms with Crippen LogP contribution in [-0.2, 0) is 9.53 Å². The Kier molecular flexibility index (Phi) is 2.69. The van der Waals surface area contributed by atoms with Gasteiger partial charge in [0.15, 0.2) is 0 Å². The van der Waals surface area contributed by atoms with Crippen LogP contribution in [0.4, 0.5) is 0 Å². The average molecular weight is 250 g/mol. The van der Waals surface area contributed by atoms with Gasteiger partial charge in [0.05, 0.1) is 11.7 Å². The molecule has 1 N–H and O–H groups in total. The molecule has 5 atom stereocenters. The summed E-state index contributed by atoms with van der Waals surface area (Å²) in [5.74, 6) is 0.888. The molecule has 18 heavy (non-hydrogen) atoms. The van der Waals surface area contributed by atoms with E-state index < -0.39 is 0 Å². The molecule has 3 aliphatic rings. The van der Waals surface area contributed by atoms with Crippen LogP contribution in [-0.4, -0.2) is 29.7 Å². The lowest BCUT2D eigenvalue weighted by Gasteiger charge is -2.09. The average Bonchev–Trinajstić information content (AvgIpc) is 3.19. The van der Waals surface area contributed by atoms with Gasteiger partial charge >= 0.3 is 0 Å². The fourth-order valence-electron chi connectivity index (χ4n) is 3.76. The number of hydrogen-bond donors (Lipinski definition) is 1. The number of aliphatic hydroxyl groups excluding tert-OH is 1. The van der Waals surface area contributed by atoms with Gasteiger partial charge in [0.2, 0.25) is 0 Å². The van der Waals surface area contributed by atoms with Gasteiger partial charge in [-0.05, 0) is 50.0 Å². The summed E-state index contributed by atoms with van der Waals surface area (Å²) in [7, 11) is 0. The monoisotopic (exact) mass is 250 g/mol. The van der Waals surface area contributed by atoms with Gasteiger partial charge in [-0.15, -0.1) is 0 Å². The molecule has 3 heteroatoms. The topological polar surface area (TPSA) is 49.8 Å². The number of aliphatic hydroxyl groups is 1. The number of carbonyl (C=O) groups is 1. The standard InChI is InChI=1S/C15H22O3/c1-14(9-17)11-5-6-15(2)13(18-15)4-3-10(8-16)7-12(11)14/h7-8,11-13,17H,3-6,9H2,1-2H3/b10-7-/t11-,12+,13-,14+,15-/m1/s1. The summed E-state index contributed by atoms with van der Waals surface area (Å²) in [6.07, 6.45) is 7.36. The van der Waals surface area contributed by atoms with Crippen LogP contribution in [0.3, 0.4) is 0 Å². The summed E-state index contributed by atoms with van der Waals surface area (Å²) >= 11 is 0. The Bertz CT molecular complexity index is 403. The number of rotatable bonds is 2. The molecule has 0 radical (unpaired) electrons. The zero-order chi connectivity index (χ0) is 13.0. The van der Waals surface area contributed by atoms with Gasteiger partial charge in [0.1, 0.15) is 6.29 Å². The van der Waals surface area contributed by atoms with Gasteiger partial charge in [-0.3, -0.25) is 4.79 Å². The molecule has 0 amide bonds. The van der Waals surface area contributed by atoms with Crippen LogP contribution >= 0.6 is 0 Å². The molecule has 1 heterocycles. The molecule has 1 saturated carbocycles. The van der Waals surface area contributed by atoms with E-state index in [1.165, 1.54) is 0 Å². The van der Waals surface area contributed by atoms with Crippen LogP contribution in [0, 0.1) is 17.3 Å². The van der Waals surface area contributed by atoms with Gasteiger partial charge < -0.3 is 9.84 Å². The van der Waals surface area contributed by atoms with Crippen molar-refractivity contribution in [1.82, 2.24) is 0 Å². The quantitative estimate of drug-likeness (QED) is 0.603. The molecule has 0 spiro atoms. The SMILES string of the molecule is C[C@]1(CO)[C@@H]2CC[C@@]3(C)O[C@@H]3CC/C(C=O)=C/[C@@H]21. The van der Waals surface area contributed by atoms with Crippen LogP contribution in [0.25, 0.3) is 0 Å². The molecular weight excluding hydrogens is 228 g/mol. The second kappa shape index (κ2) is 3.91. The Morgan fingerprint density at radius 3 is 2.94 bits per heavy atom. The molecule has 1 aliphatic heterocycles. The minimum Gasteiger partial charge on any atom is -0.396 e. The number of ether oxygens (including phenoxy) is 1. The number of allylic oxidation sites excluding steroid dienone is 2. The Balaban J connectivity index is 1.82. The minimum atomic E-state index is -0.0145. The fraction of sp³-hybridized carbons (Fsp3) is 0.800. The first-order valence-corrected chi connectivity index (χ1v) is 6.98. The third-order valence-corrected chi connectivity index (χ3v) is 5.50. The van der Waals surface area contributed by atoms with E-state index in [1.54, 1.807) is 0 Å². The number of hydrogen-bond acceptors (Lipinski definition) is 3. The highest BCUT2D eigenvalue weighted by molar-refractivity contribution is 5.73. The van der Waals surface area contributed by atoms with E-state index in [9.17, 15) is 9.90 Å². The van der Waals surface area contributed by atoms with E-state index in [-0.39, 0.29) is 17.6 Å². The third-order valence-electron chi connectivity index (χ3n) is 5.50. The fourth-order valence-corrected chi connectivity index (χ4v) is 3.76. The van der Waals surface area contributed by atoms with Crippen molar-refractivity contribution >= 4 is 6.29 Å². The predicted octanol–water partition coefficient (Wildman–Crippen LogP) is 2.09. The van der Waals surface area contributed by atoms with E-state index >= 15 is 0 Å². The maximum Gasteiger partial charge on any atom is 0.145 e. The maximum atomic E-state index is 11.1. The molecule has 1 saturated heterocycles. The molecule has 100 valence electrons. The molecule has 3 rings (SSSR count). The highest BCUT2D eigenvalue weighted by Crippen LogP contribution is 2.63. The highest BCUT2D eigenvalue weighted by Gasteiger charge is 2.61. The van der Waals surface area contributed by atoms with Crippen molar-refractivity contribution in [3.63, 3.8) is 0 Å². The van der Waals surface area contributed by atoms with E-state index in [4.69, 9.17) is 4.74 Å². The van der Waals surface area contributed by atoms with Crippen molar-refractivity contribution in [3.05, 3.63) is 11.6 Å². The van der Waals surface area contributed by atoms with Crippen molar-refractivity contribution in [2.24, 2.45) is 17.3 Å². The Hall–Kier alpha value is -0.670. The zero-order valence-corrected chi connectivity index (χ0v) is 11.2. The first-order chi connectivity index (χ1) is 8.53. The molecule has 3 nitrogen and oxygen atoms in total. The van der Waals surface area contributed by atoms with Crippen LogP contribution in [0.15, 0.2) is 11.6 Å². The smallest absolute Gasteiger partial charge is 0.145 e. The molecule has 0 aromatic rings. The van der Waals surface area contributed by atoms with Crippen LogP contribution in [0.2, 0.25) is 0 Å². The Morgan fingerprint density at radius 2 is 2.28 bits per heavy atom. The summed E-state index contributed by atoms with van der Waals surface area (Å²) < 4.78 is 5.79. The summed E-state index contributed by atoms with van der Waals surface area (Å²) in [6, 6.07) is 0. The number of epoxide rings is 1. The highest BCUT2D eigenvalue weighted by atomic mass is 16.6. The Labute approximate surface area is 108 Å². The lowest BCUT2D eigenvalue weighted by atomic mass is 9.93. The number of aldehydes is 1. The lowest BCUT2D eigenvalue weighted by molar-refractivity contribution is -0.105. The van der Waals surface area contributed by atoms with Gasteiger partial charge in [0.25, 0.3) is 0 Å². The van der Waals surface area contributed by atoms with Gasteiger partial charge in [-0.25, -0.2) is 0 Å². The largest absolute Gasteiger partial charge is 0.396 e. The van der Waals surface area contributed by atoms with Crippen LogP contribution in [0.1, 0.15) is 39.5 Å². The normalized spacial score (nSPS) is 53.5. The van der Waals surface area contributed by atoms with Crippen molar-refractivity contribution in [2.75, 3.05) is 6.61 Å². The van der Waals surface area contributed by atoms with Crippen LogP contribution in [0.5, 0.6) is 0 Å². The van der Waals surface area contributed by atoms with Crippen LogP contribution < -0.4 is 0 Å². The van der Waals surface area contributed by atoms with Gasteiger partial charge in [-0.2, -0.15) is 0 Å². The third kappa shape index (κ3) is 1.76. The summed E-state index contributed by atoms with van der Waals surface area (Å²) in [4.78, 5) is 11.1. The Morgan fingerprint density at radius 1 is 1.50 bits per heavy atom. The van der Waals surface area contributed by atoms with Crippen molar-refractivity contribution < 1.29 is 14.6 Å². The van der Waals surface area contributed by atoms with Crippen molar-refractivity contribution in [2.45, 2.75) is 51.2 Å². The number of fused-ring (bicyclic) bond motifs is 2. The molecule has 2 aliphatic carbocycles. The van der Waals surface area contributed by atoms with E-state index in [2.05, 4.69) is 19.9 Å². The molecular formula is C15H22O3. The van der Waals surface area contributed by atoms with Gasteiger partial charge in [-0.1, -0.05) is 13.0 Å². The van der Waals surface area contributed by atoms with Gasteiger partial charge in [0, 0.05) is 12.0 Å². The first kappa shape index (κ1) is 12.4. The second-order valence-corrected chi connectivity index (χ2v) is 6.65. The van der Waals surface area contributed by atoms with Crippen molar-refractivity contribution in [1.29, 1.82) is 0 Å². The van der Waals surface area contributed by atoms with Crippen molar-refractivity contribution in [3.8, 4) is 0 Å². The molecule has 2 fully saturated rings. The lowest BCUT2D eigenvalue weighted by Crippen LogP contribution is -2.12. The van der Waals surface area contributed by atoms with E-state index in [1.807, 2.05) is 0 Å². The summed E-state index contributed by atoms with van der Waals surface area (Å²) in [6.45, 7) is 4.52. The summed E-state index contributed by atoms with van der Waals surface area (Å²) in [5, 5.41) is 9.57. The zero-order valence-electron chi connectivity index (χ0n) is 11.2. The molecule has 0 bridgehead atoms. The first-order valence-electron chi connectivity index (χ1n) is 6.98. The van der Waals surface area contributed by atoms with E-state index in [0.717, 1.165) is 37.5 Å². The molecule has 0 aromatic heterocycles. The predicted molar refractivity (Wildman–Crippen MR) is 68.1 cm³/mol. The number of carbonyl (C=O) groups excluding carboxylic acids is 1. The minimum absolute atomic E-state index is 0.0145. The molecule has 0 aromatic carbocycles. The molecule has 0 unspecified atom stereocenters. The summed E-state index contributed by atoms with van der Waals surface area (Å²) in [5.41, 5.74) is 0.913.